The van der Waals surface area contributed by atoms with Gasteiger partial charge in [0.15, 0.2) is 0 Å². The van der Waals surface area contributed by atoms with Crippen LogP contribution in [0.1, 0.15) is 35.0 Å². The number of alkyl halides is 3. The Morgan fingerprint density at radius 1 is 1.32 bits per heavy atom. The number of hydrogen-bond acceptors (Lipinski definition) is 4. The fourth-order valence-electron chi connectivity index (χ4n) is 2.71. The number of amides is 2. The summed E-state index contributed by atoms with van der Waals surface area (Å²) < 4.78 is 43.8. The van der Waals surface area contributed by atoms with Crippen molar-refractivity contribution in [2.75, 3.05) is 13.1 Å². The molecule has 2 atom stereocenters. The summed E-state index contributed by atoms with van der Waals surface area (Å²) in [4.78, 5) is 24.4. The van der Waals surface area contributed by atoms with Crippen molar-refractivity contribution in [1.82, 2.24) is 10.1 Å². The maximum atomic E-state index is 12.9. The number of carbonyl (C=O) groups is 2. The first-order valence-corrected chi connectivity index (χ1v) is 6.89. The largest absolute Gasteiger partial charge is 0.394 e. The third-order valence-electron chi connectivity index (χ3n) is 4.13. The van der Waals surface area contributed by atoms with Crippen LogP contribution in [0.5, 0.6) is 0 Å². The molecule has 1 saturated carbocycles. The minimum absolute atomic E-state index is 0.104. The van der Waals surface area contributed by atoms with Gasteiger partial charge in [-0.2, -0.15) is 13.2 Å². The quantitative estimate of drug-likeness (QED) is 0.909. The first-order valence-electron chi connectivity index (χ1n) is 6.89. The summed E-state index contributed by atoms with van der Waals surface area (Å²) in [6, 6.07) is 1.46. The van der Waals surface area contributed by atoms with Crippen molar-refractivity contribution >= 4 is 11.8 Å². The Labute approximate surface area is 123 Å². The number of carbonyl (C=O) groups excluding carboxylic acids is 2. The lowest BCUT2D eigenvalue weighted by Crippen LogP contribution is -2.37. The number of hydrogen-bond donors (Lipinski definition) is 1. The van der Waals surface area contributed by atoms with E-state index in [0.29, 0.717) is 5.69 Å². The van der Waals surface area contributed by atoms with Crippen LogP contribution in [0.15, 0.2) is 10.6 Å². The van der Waals surface area contributed by atoms with Crippen LogP contribution in [0.25, 0.3) is 0 Å². The van der Waals surface area contributed by atoms with Crippen molar-refractivity contribution in [3.8, 4) is 0 Å². The number of rotatable bonds is 3. The summed E-state index contributed by atoms with van der Waals surface area (Å²) in [5, 5.41) is 3.76. The maximum Gasteiger partial charge on any atom is 0.394 e. The lowest BCUT2D eigenvalue weighted by Gasteiger charge is -2.18. The van der Waals surface area contributed by atoms with Crippen LogP contribution in [0.2, 0.25) is 0 Å². The molecule has 0 aromatic carbocycles. The molecule has 0 radical (unpaired) electrons. The first-order chi connectivity index (χ1) is 10.3. The second kappa shape index (κ2) is 4.99. The smallest absolute Gasteiger partial charge is 0.369 e. The van der Waals surface area contributed by atoms with E-state index < -0.39 is 36.4 Å². The molecule has 6 nitrogen and oxygen atoms in total. The maximum absolute atomic E-state index is 12.9. The van der Waals surface area contributed by atoms with Crippen molar-refractivity contribution in [2.24, 2.45) is 17.6 Å². The highest BCUT2D eigenvalue weighted by Crippen LogP contribution is 2.40. The molecule has 1 saturated heterocycles. The molecule has 0 bridgehead atoms. The molecule has 2 fully saturated rings. The standard InChI is InChI=1S/C13H14F3N3O3/c14-13(15,16)8-5-19(4-7(8)11(17)20)12(21)10-3-9(18-22-10)6-1-2-6/h3,6-8H,1-2,4-5H2,(H2,17,20)/t7-,8-/m1/s1. The van der Waals surface area contributed by atoms with E-state index in [0.717, 1.165) is 17.7 Å². The first kappa shape index (κ1) is 14.9. The molecule has 1 aliphatic heterocycles. The zero-order valence-electron chi connectivity index (χ0n) is 11.5. The highest BCUT2D eigenvalue weighted by atomic mass is 19.4. The van der Waals surface area contributed by atoms with E-state index in [1.165, 1.54) is 6.07 Å². The monoisotopic (exact) mass is 317 g/mol. The van der Waals surface area contributed by atoms with Crippen LogP contribution in [-0.2, 0) is 4.79 Å². The van der Waals surface area contributed by atoms with Crippen LogP contribution < -0.4 is 5.73 Å². The van der Waals surface area contributed by atoms with Crippen molar-refractivity contribution in [3.05, 3.63) is 17.5 Å². The molecule has 0 spiro atoms. The highest BCUT2D eigenvalue weighted by Gasteiger charge is 2.53. The van der Waals surface area contributed by atoms with Gasteiger partial charge in [0.05, 0.1) is 17.5 Å². The summed E-state index contributed by atoms with van der Waals surface area (Å²) >= 11 is 0. The van der Waals surface area contributed by atoms with Gasteiger partial charge in [0.1, 0.15) is 0 Å². The molecular formula is C13H14F3N3O3. The zero-order valence-corrected chi connectivity index (χ0v) is 11.5. The molecule has 1 aliphatic carbocycles. The molecule has 1 aromatic rings. The Hall–Kier alpha value is -2.06. The van der Waals surface area contributed by atoms with Crippen molar-refractivity contribution in [3.63, 3.8) is 0 Å². The van der Waals surface area contributed by atoms with E-state index in [-0.39, 0.29) is 18.2 Å². The topological polar surface area (TPSA) is 89.4 Å². The zero-order chi connectivity index (χ0) is 16.1. The van der Waals surface area contributed by atoms with E-state index in [4.69, 9.17) is 10.3 Å². The molecular weight excluding hydrogens is 303 g/mol. The van der Waals surface area contributed by atoms with Crippen LogP contribution in [0.4, 0.5) is 13.2 Å². The number of aromatic nitrogens is 1. The fraction of sp³-hybridized carbons (Fsp3) is 0.615. The van der Waals surface area contributed by atoms with Crippen LogP contribution in [0, 0.1) is 11.8 Å². The van der Waals surface area contributed by atoms with Gasteiger partial charge in [-0.3, -0.25) is 9.59 Å². The van der Waals surface area contributed by atoms with E-state index in [9.17, 15) is 22.8 Å². The van der Waals surface area contributed by atoms with Gasteiger partial charge in [-0.25, -0.2) is 0 Å². The third-order valence-corrected chi connectivity index (χ3v) is 4.13. The van der Waals surface area contributed by atoms with Gasteiger partial charge in [-0.15, -0.1) is 0 Å². The fourth-order valence-corrected chi connectivity index (χ4v) is 2.71. The SMILES string of the molecule is NC(=O)[C@@H]1CN(C(=O)c2cc(C3CC3)no2)C[C@H]1C(F)(F)F. The Kier molecular flexibility index (Phi) is 3.37. The lowest BCUT2D eigenvalue weighted by molar-refractivity contribution is -0.182. The number of nitrogens with zero attached hydrogens (tertiary/aromatic N) is 2. The summed E-state index contributed by atoms with van der Waals surface area (Å²) in [7, 11) is 0. The normalized spacial score (nSPS) is 25.5. The number of nitrogens with two attached hydrogens (primary N) is 1. The second-order valence-electron chi connectivity index (χ2n) is 5.76. The van der Waals surface area contributed by atoms with Gasteiger partial charge in [-0.05, 0) is 12.8 Å². The van der Waals surface area contributed by atoms with Crippen molar-refractivity contribution < 1.29 is 27.3 Å². The van der Waals surface area contributed by atoms with E-state index in [2.05, 4.69) is 5.16 Å². The summed E-state index contributed by atoms with van der Waals surface area (Å²) in [5.41, 5.74) is 5.67. The van der Waals surface area contributed by atoms with Crippen LogP contribution >= 0.6 is 0 Å². The van der Waals surface area contributed by atoms with Gasteiger partial charge >= 0.3 is 6.18 Å². The molecule has 3 rings (SSSR count). The lowest BCUT2D eigenvalue weighted by atomic mass is 9.95. The Morgan fingerprint density at radius 3 is 2.50 bits per heavy atom. The average molecular weight is 317 g/mol. The van der Waals surface area contributed by atoms with Crippen LogP contribution in [-0.4, -0.2) is 41.1 Å². The van der Waals surface area contributed by atoms with Gasteiger partial charge in [0, 0.05) is 25.1 Å². The predicted octanol–water partition coefficient (Wildman–Crippen LogP) is 1.29. The number of likely N-dealkylation sites (tertiary alicyclic amines) is 1. The third kappa shape index (κ3) is 2.67. The summed E-state index contributed by atoms with van der Waals surface area (Å²) in [6.07, 6.45) is -2.66. The summed E-state index contributed by atoms with van der Waals surface area (Å²) in [6.45, 7) is -0.965. The average Bonchev–Trinajstić information content (AvgIpc) is 3.00. The minimum atomic E-state index is -4.59. The molecule has 1 aromatic heterocycles. The summed E-state index contributed by atoms with van der Waals surface area (Å²) in [5.74, 6) is -4.97. The molecule has 9 heteroatoms. The van der Waals surface area contributed by atoms with E-state index >= 15 is 0 Å². The van der Waals surface area contributed by atoms with E-state index in [1.54, 1.807) is 0 Å². The minimum Gasteiger partial charge on any atom is -0.369 e. The molecule has 2 amide bonds. The van der Waals surface area contributed by atoms with E-state index in [1.807, 2.05) is 0 Å². The molecule has 2 N–H and O–H groups in total. The Bertz CT molecular complexity index is 609. The van der Waals surface area contributed by atoms with Gasteiger partial charge in [0.2, 0.25) is 11.7 Å². The second-order valence-corrected chi connectivity index (χ2v) is 5.76. The Balaban J connectivity index is 1.76. The van der Waals surface area contributed by atoms with Gasteiger partial charge < -0.3 is 15.2 Å². The molecule has 22 heavy (non-hydrogen) atoms. The molecule has 0 unspecified atom stereocenters. The Morgan fingerprint density at radius 2 is 2.00 bits per heavy atom. The van der Waals surface area contributed by atoms with Crippen molar-refractivity contribution in [1.29, 1.82) is 0 Å². The molecule has 2 aliphatic rings. The number of halogens is 3. The van der Waals surface area contributed by atoms with Gasteiger partial charge in [-0.1, -0.05) is 5.16 Å². The predicted molar refractivity (Wildman–Crippen MR) is 66.6 cm³/mol. The molecule has 2 heterocycles. The molecule has 120 valence electrons. The van der Waals surface area contributed by atoms with Crippen LogP contribution in [0.3, 0.4) is 0 Å². The van der Waals surface area contributed by atoms with Gasteiger partial charge in [0.25, 0.3) is 5.91 Å². The number of primary amides is 1. The van der Waals surface area contributed by atoms with Crippen molar-refractivity contribution in [2.45, 2.75) is 24.9 Å². The highest BCUT2D eigenvalue weighted by molar-refractivity contribution is 5.92.